The number of fused-ring (bicyclic) bond motifs is 1. The van der Waals surface area contributed by atoms with Crippen LogP contribution in [0.15, 0.2) is 48.8 Å². The zero-order chi connectivity index (χ0) is 25.0. The molecule has 2 aromatic heterocycles. The van der Waals surface area contributed by atoms with Gasteiger partial charge in [-0.15, -0.1) is 0 Å². The molecule has 35 heavy (non-hydrogen) atoms. The first-order valence-electron chi connectivity index (χ1n) is 11.7. The van der Waals surface area contributed by atoms with Crippen LogP contribution in [0.4, 0.5) is 5.82 Å². The van der Waals surface area contributed by atoms with Gasteiger partial charge in [0.2, 0.25) is 5.91 Å². The van der Waals surface area contributed by atoms with Gasteiger partial charge in [-0.2, -0.15) is 5.10 Å². The van der Waals surface area contributed by atoms with Crippen molar-refractivity contribution < 1.29 is 29.3 Å². The Kier molecular flexibility index (Phi) is 7.44. The number of esters is 1. The number of aliphatic hydroxyl groups is 2. The van der Waals surface area contributed by atoms with E-state index < -0.39 is 29.9 Å². The molecule has 0 spiro atoms. The van der Waals surface area contributed by atoms with Crippen LogP contribution in [0.25, 0.3) is 5.52 Å². The van der Waals surface area contributed by atoms with Crippen molar-refractivity contribution in [1.82, 2.24) is 14.6 Å². The number of carbonyl (C=O) groups excluding carboxylic acids is 2. The number of hydrogen-bond acceptors (Lipinski definition) is 8. The molecule has 0 unspecified atom stereocenters. The third-order valence-corrected chi connectivity index (χ3v) is 6.24. The molecule has 1 saturated heterocycles. The van der Waals surface area contributed by atoms with Crippen molar-refractivity contribution in [2.45, 2.75) is 63.4 Å². The van der Waals surface area contributed by atoms with E-state index in [1.54, 1.807) is 19.1 Å². The van der Waals surface area contributed by atoms with E-state index in [0.717, 1.165) is 18.4 Å². The van der Waals surface area contributed by atoms with Crippen LogP contribution in [0.2, 0.25) is 0 Å². The number of ether oxygens (including phenoxy) is 2. The number of benzene rings is 1. The normalized spacial score (nSPS) is 23.9. The van der Waals surface area contributed by atoms with Crippen LogP contribution in [0.5, 0.6) is 0 Å². The Balaban J connectivity index is 1.48. The fraction of sp³-hybridized carbons (Fsp3) is 0.440. The minimum absolute atomic E-state index is 0.0937. The Bertz CT molecular complexity index is 1180. The van der Waals surface area contributed by atoms with Crippen LogP contribution in [0.3, 0.4) is 0 Å². The lowest BCUT2D eigenvalue weighted by molar-refractivity contribution is -0.151. The van der Waals surface area contributed by atoms with Gasteiger partial charge in [0.15, 0.2) is 5.82 Å². The highest BCUT2D eigenvalue weighted by molar-refractivity contribution is 5.93. The first-order chi connectivity index (χ1) is 16.8. The van der Waals surface area contributed by atoms with Gasteiger partial charge in [-0.1, -0.05) is 43.7 Å². The van der Waals surface area contributed by atoms with E-state index in [1.165, 1.54) is 10.8 Å². The second-order valence-corrected chi connectivity index (χ2v) is 8.82. The van der Waals surface area contributed by atoms with Crippen molar-refractivity contribution in [1.29, 1.82) is 0 Å². The van der Waals surface area contributed by atoms with Crippen molar-refractivity contribution in [3.8, 4) is 0 Å². The Morgan fingerprint density at radius 3 is 2.71 bits per heavy atom. The molecule has 4 atom stereocenters. The molecule has 10 heteroatoms. The average Bonchev–Trinajstić information content (AvgIpc) is 3.39. The molecule has 3 aromatic rings. The second-order valence-electron chi connectivity index (χ2n) is 8.82. The molecule has 10 nitrogen and oxygen atoms in total. The molecule has 0 saturated carbocycles. The summed E-state index contributed by atoms with van der Waals surface area (Å²) in [5.74, 6) is -0.263. The predicted octanol–water partition coefficient (Wildman–Crippen LogP) is 1.98. The van der Waals surface area contributed by atoms with E-state index in [9.17, 15) is 19.8 Å². The Labute approximate surface area is 202 Å². The average molecular weight is 483 g/mol. The molecule has 0 bridgehead atoms. The third-order valence-electron chi connectivity index (χ3n) is 6.24. The minimum Gasteiger partial charge on any atom is -0.463 e. The van der Waals surface area contributed by atoms with Crippen LogP contribution < -0.4 is 5.32 Å². The van der Waals surface area contributed by atoms with Crippen molar-refractivity contribution >= 4 is 23.2 Å². The summed E-state index contributed by atoms with van der Waals surface area (Å²) < 4.78 is 12.9. The highest BCUT2D eigenvalue weighted by Gasteiger charge is 2.54. The van der Waals surface area contributed by atoms with Crippen LogP contribution in [0.1, 0.15) is 44.4 Å². The second kappa shape index (κ2) is 10.5. The molecule has 1 fully saturated rings. The van der Waals surface area contributed by atoms with Gasteiger partial charge in [0.25, 0.3) is 0 Å². The lowest BCUT2D eigenvalue weighted by Crippen LogP contribution is -2.39. The number of aliphatic hydroxyl groups excluding tert-OH is 2. The minimum atomic E-state index is -1.35. The predicted molar refractivity (Wildman–Crippen MR) is 126 cm³/mol. The number of nitrogens with one attached hydrogen (secondary N) is 1. The molecule has 3 heterocycles. The number of nitrogens with zero attached hydrogens (tertiary/aromatic N) is 3. The summed E-state index contributed by atoms with van der Waals surface area (Å²) in [6.45, 7) is 3.43. The lowest BCUT2D eigenvalue weighted by Gasteiger charge is -2.27. The Morgan fingerprint density at radius 2 is 1.97 bits per heavy atom. The topological polar surface area (TPSA) is 135 Å². The molecule has 1 amide bonds. The fourth-order valence-electron chi connectivity index (χ4n) is 4.25. The van der Waals surface area contributed by atoms with Gasteiger partial charge in [0, 0.05) is 6.42 Å². The standard InChI is InChI=1S/C25H30N4O6/c1-3-4-10-20(30)28-24-17-11-12-19(29(17)27-15-26-24)25(2)23(33)22(32)18(35-25)14-34-21(31)13-16-8-6-5-7-9-16/h5-9,11-12,15,18,22-23,32-33H,3-4,10,13-14H2,1-2H3,(H,26,27,28,30)/t18-,22-,23-,25+/m1/s1. The number of rotatable bonds is 9. The van der Waals surface area contributed by atoms with Crippen LogP contribution in [-0.2, 0) is 31.1 Å². The maximum Gasteiger partial charge on any atom is 0.310 e. The van der Waals surface area contributed by atoms with Gasteiger partial charge in [-0.05, 0) is 31.0 Å². The van der Waals surface area contributed by atoms with E-state index in [-0.39, 0.29) is 18.9 Å². The Morgan fingerprint density at radius 1 is 1.20 bits per heavy atom. The number of unbranched alkanes of at least 4 members (excludes halogenated alkanes) is 1. The van der Waals surface area contributed by atoms with Gasteiger partial charge in [-0.3, -0.25) is 9.59 Å². The van der Waals surface area contributed by atoms with Gasteiger partial charge < -0.3 is 25.0 Å². The van der Waals surface area contributed by atoms with Gasteiger partial charge in [0.05, 0.1) is 12.1 Å². The largest absolute Gasteiger partial charge is 0.463 e. The first-order valence-corrected chi connectivity index (χ1v) is 11.7. The molecule has 1 aliphatic heterocycles. The summed E-state index contributed by atoms with van der Waals surface area (Å²) >= 11 is 0. The number of hydrogen-bond donors (Lipinski definition) is 3. The zero-order valence-electron chi connectivity index (χ0n) is 19.8. The van der Waals surface area contributed by atoms with E-state index >= 15 is 0 Å². The molecule has 3 N–H and O–H groups in total. The van der Waals surface area contributed by atoms with Crippen LogP contribution in [-0.4, -0.2) is 61.6 Å². The van der Waals surface area contributed by atoms with Gasteiger partial charge >= 0.3 is 5.97 Å². The van der Waals surface area contributed by atoms with Crippen molar-refractivity contribution in [3.05, 3.63) is 60.0 Å². The Hall–Kier alpha value is -3.34. The van der Waals surface area contributed by atoms with Gasteiger partial charge in [-0.25, -0.2) is 9.50 Å². The molecule has 1 aromatic carbocycles. The number of anilines is 1. The quantitative estimate of drug-likeness (QED) is 0.394. The maximum atomic E-state index is 12.2. The molecular weight excluding hydrogens is 452 g/mol. The first kappa shape index (κ1) is 24.8. The zero-order valence-corrected chi connectivity index (χ0v) is 19.8. The number of carbonyl (C=O) groups is 2. The highest BCUT2D eigenvalue weighted by Crippen LogP contribution is 2.40. The van der Waals surface area contributed by atoms with Crippen molar-refractivity contribution in [2.75, 3.05) is 11.9 Å². The van der Waals surface area contributed by atoms with Crippen LogP contribution in [0, 0.1) is 0 Å². The molecule has 0 aliphatic carbocycles. The summed E-state index contributed by atoms with van der Waals surface area (Å²) in [4.78, 5) is 28.6. The van der Waals surface area contributed by atoms with Crippen molar-refractivity contribution in [2.24, 2.45) is 0 Å². The monoisotopic (exact) mass is 482 g/mol. The summed E-state index contributed by atoms with van der Waals surface area (Å²) in [6, 6.07) is 12.6. The summed E-state index contributed by atoms with van der Waals surface area (Å²) in [7, 11) is 0. The lowest BCUT2D eigenvalue weighted by atomic mass is 9.93. The maximum absolute atomic E-state index is 12.2. The fourth-order valence-corrected chi connectivity index (χ4v) is 4.25. The summed E-state index contributed by atoms with van der Waals surface area (Å²) in [5, 5.41) is 28.6. The highest BCUT2D eigenvalue weighted by atomic mass is 16.6. The summed E-state index contributed by atoms with van der Waals surface area (Å²) in [5.41, 5.74) is 0.451. The molecule has 1 aliphatic rings. The van der Waals surface area contributed by atoms with E-state index in [1.807, 2.05) is 37.3 Å². The van der Waals surface area contributed by atoms with E-state index in [0.29, 0.717) is 23.4 Å². The molecular formula is C25H30N4O6. The smallest absolute Gasteiger partial charge is 0.310 e. The number of amides is 1. The number of aromatic nitrogens is 3. The van der Waals surface area contributed by atoms with E-state index in [4.69, 9.17) is 9.47 Å². The van der Waals surface area contributed by atoms with Crippen molar-refractivity contribution in [3.63, 3.8) is 0 Å². The molecule has 4 rings (SSSR count). The van der Waals surface area contributed by atoms with Gasteiger partial charge in [0.1, 0.15) is 42.4 Å². The molecule has 186 valence electrons. The molecule has 0 radical (unpaired) electrons. The van der Waals surface area contributed by atoms with Crippen LogP contribution >= 0.6 is 0 Å². The SMILES string of the molecule is CCCCC(=O)Nc1ncnn2c([C@]3(C)O[C@H](COC(=O)Cc4ccccc4)[C@@H](O)[C@H]3O)ccc12. The van der Waals surface area contributed by atoms with E-state index in [2.05, 4.69) is 15.4 Å². The third kappa shape index (κ3) is 5.19. The summed E-state index contributed by atoms with van der Waals surface area (Å²) in [6.07, 6.45) is -0.0764.